The number of nitrogens with one attached hydrogen (secondary N) is 2. The van der Waals surface area contributed by atoms with Gasteiger partial charge in [-0.2, -0.15) is 0 Å². The molecule has 0 aromatic heterocycles. The number of carbonyl (C=O) groups is 1. The van der Waals surface area contributed by atoms with Crippen molar-refractivity contribution in [1.82, 2.24) is 10.8 Å². The number of hydrogen-bond donors (Lipinski definition) is 2. The van der Waals surface area contributed by atoms with Crippen molar-refractivity contribution in [2.75, 3.05) is 13.1 Å². The fraction of sp³-hybridized carbons (Fsp3) is 0.950. The van der Waals surface area contributed by atoms with E-state index in [1.54, 1.807) is 0 Å². The average molecular weight is 342 g/mol. The zero-order valence-electron chi connectivity index (χ0n) is 16.0. The van der Waals surface area contributed by atoms with E-state index < -0.39 is 0 Å². The summed E-state index contributed by atoms with van der Waals surface area (Å²) in [5.41, 5.74) is 1.84. The number of carbonyl (C=O) groups excluding carboxylic acids is 1. The van der Waals surface area contributed by atoms with E-state index in [9.17, 15) is 10.0 Å². The van der Waals surface area contributed by atoms with Crippen LogP contribution >= 0.6 is 0 Å². The standard InChI is InChI=1S/C20H41N2O2/c1-2-3-4-5-6-7-8-9-10-11-12-13-14-15-17-20(23)21-18-16-19-22-24/h22H,2-19H2,1H3,(H,21,23)/q-1. The zero-order valence-corrected chi connectivity index (χ0v) is 16.0. The highest BCUT2D eigenvalue weighted by atomic mass is 16.5. The van der Waals surface area contributed by atoms with Gasteiger partial charge in [0.15, 0.2) is 0 Å². The highest BCUT2D eigenvalue weighted by molar-refractivity contribution is 5.75. The van der Waals surface area contributed by atoms with Gasteiger partial charge in [0, 0.05) is 13.0 Å². The Morgan fingerprint density at radius 2 is 1.12 bits per heavy atom. The third-order valence-corrected chi connectivity index (χ3v) is 4.54. The molecular formula is C20H41N2O2-. The van der Waals surface area contributed by atoms with E-state index in [-0.39, 0.29) is 5.91 Å². The molecule has 0 atom stereocenters. The van der Waals surface area contributed by atoms with Crippen molar-refractivity contribution in [1.29, 1.82) is 0 Å². The lowest BCUT2D eigenvalue weighted by molar-refractivity contribution is -0.121. The largest absolute Gasteiger partial charge is 0.788 e. The molecule has 0 bridgehead atoms. The van der Waals surface area contributed by atoms with Crippen LogP contribution < -0.4 is 10.8 Å². The summed E-state index contributed by atoms with van der Waals surface area (Å²) in [4.78, 5) is 11.5. The molecular weight excluding hydrogens is 300 g/mol. The van der Waals surface area contributed by atoms with E-state index in [2.05, 4.69) is 12.2 Å². The lowest BCUT2D eigenvalue weighted by Crippen LogP contribution is -2.25. The van der Waals surface area contributed by atoms with Gasteiger partial charge in [-0.15, -0.1) is 0 Å². The molecule has 4 heteroatoms. The van der Waals surface area contributed by atoms with Crippen LogP contribution in [0.4, 0.5) is 0 Å². The fourth-order valence-electron chi connectivity index (χ4n) is 2.96. The van der Waals surface area contributed by atoms with Crippen molar-refractivity contribution >= 4 is 5.91 Å². The second-order valence-electron chi connectivity index (χ2n) is 6.94. The van der Waals surface area contributed by atoms with Crippen molar-refractivity contribution in [3.8, 4) is 0 Å². The monoisotopic (exact) mass is 341 g/mol. The molecule has 0 saturated carbocycles. The molecule has 2 N–H and O–H groups in total. The molecule has 0 aliphatic rings. The fourth-order valence-corrected chi connectivity index (χ4v) is 2.96. The van der Waals surface area contributed by atoms with Gasteiger partial charge in [-0.05, 0) is 19.4 Å². The summed E-state index contributed by atoms with van der Waals surface area (Å²) < 4.78 is 0. The molecule has 4 nitrogen and oxygen atoms in total. The van der Waals surface area contributed by atoms with Crippen LogP contribution in [0.5, 0.6) is 0 Å². The Morgan fingerprint density at radius 1 is 0.667 bits per heavy atom. The summed E-state index contributed by atoms with van der Waals surface area (Å²) >= 11 is 0. The maximum atomic E-state index is 11.5. The van der Waals surface area contributed by atoms with Crippen LogP contribution in [0.15, 0.2) is 0 Å². The minimum atomic E-state index is 0.125. The van der Waals surface area contributed by atoms with Crippen LogP contribution in [-0.4, -0.2) is 19.0 Å². The molecule has 0 unspecified atom stereocenters. The van der Waals surface area contributed by atoms with Gasteiger partial charge in [0.05, 0.1) is 0 Å². The molecule has 24 heavy (non-hydrogen) atoms. The van der Waals surface area contributed by atoms with E-state index in [1.807, 2.05) is 5.48 Å². The van der Waals surface area contributed by atoms with Crippen LogP contribution in [0.25, 0.3) is 0 Å². The summed E-state index contributed by atoms with van der Waals surface area (Å²) in [6.45, 7) is 3.29. The topological polar surface area (TPSA) is 64.2 Å². The first-order chi connectivity index (χ1) is 11.8. The third kappa shape index (κ3) is 19.4. The van der Waals surface area contributed by atoms with E-state index in [4.69, 9.17) is 0 Å². The van der Waals surface area contributed by atoms with Crippen molar-refractivity contribution in [2.24, 2.45) is 0 Å². The molecule has 0 radical (unpaired) electrons. The van der Waals surface area contributed by atoms with Gasteiger partial charge < -0.3 is 16.0 Å². The van der Waals surface area contributed by atoms with E-state index >= 15 is 0 Å². The maximum Gasteiger partial charge on any atom is 0.219 e. The van der Waals surface area contributed by atoms with Crippen LogP contribution in [0.2, 0.25) is 0 Å². The smallest absolute Gasteiger partial charge is 0.219 e. The number of amides is 1. The molecule has 0 aromatic rings. The predicted octanol–water partition coefficient (Wildman–Crippen LogP) is 5.45. The number of hydroxylamine groups is 1. The minimum Gasteiger partial charge on any atom is -0.788 e. The second-order valence-corrected chi connectivity index (χ2v) is 6.94. The van der Waals surface area contributed by atoms with E-state index in [1.165, 1.54) is 77.0 Å². The van der Waals surface area contributed by atoms with Gasteiger partial charge in [-0.1, -0.05) is 90.4 Å². The summed E-state index contributed by atoms with van der Waals surface area (Å²) in [6, 6.07) is 0. The molecule has 0 fully saturated rings. The molecule has 0 aliphatic carbocycles. The van der Waals surface area contributed by atoms with Gasteiger partial charge in [0.2, 0.25) is 5.91 Å². The number of unbranched alkanes of at least 4 members (excludes halogenated alkanes) is 13. The Bertz CT molecular complexity index is 260. The minimum absolute atomic E-state index is 0.125. The Kier molecular flexibility index (Phi) is 19.9. The quantitative estimate of drug-likeness (QED) is 0.242. The Morgan fingerprint density at radius 3 is 1.58 bits per heavy atom. The molecule has 0 aromatic carbocycles. The van der Waals surface area contributed by atoms with Crippen molar-refractivity contribution < 1.29 is 4.79 Å². The highest BCUT2D eigenvalue weighted by Crippen LogP contribution is 2.13. The first kappa shape index (κ1) is 23.4. The first-order valence-electron chi connectivity index (χ1n) is 10.4. The summed E-state index contributed by atoms with van der Waals surface area (Å²) in [7, 11) is 0. The van der Waals surface area contributed by atoms with Gasteiger partial charge in [-0.3, -0.25) is 4.79 Å². The van der Waals surface area contributed by atoms with Crippen LogP contribution in [0.3, 0.4) is 0 Å². The van der Waals surface area contributed by atoms with Crippen LogP contribution in [0.1, 0.15) is 110 Å². The molecule has 0 aliphatic heterocycles. The van der Waals surface area contributed by atoms with Gasteiger partial charge in [0.25, 0.3) is 0 Å². The second kappa shape index (κ2) is 20.4. The molecule has 1 amide bonds. The molecule has 144 valence electrons. The van der Waals surface area contributed by atoms with Crippen molar-refractivity contribution in [3.63, 3.8) is 0 Å². The summed E-state index contributed by atoms with van der Waals surface area (Å²) in [5.74, 6) is 0.125. The summed E-state index contributed by atoms with van der Waals surface area (Å²) in [6.07, 6.45) is 20.0. The van der Waals surface area contributed by atoms with E-state index in [0.717, 1.165) is 12.8 Å². The van der Waals surface area contributed by atoms with Gasteiger partial charge >= 0.3 is 0 Å². The average Bonchev–Trinajstić information content (AvgIpc) is 2.59. The SMILES string of the molecule is CCCCCCCCCCCCCCCCC(=O)NCCCN[O-]. The summed E-state index contributed by atoms with van der Waals surface area (Å²) in [5, 5.41) is 12.9. The van der Waals surface area contributed by atoms with Gasteiger partial charge in [-0.25, -0.2) is 0 Å². The van der Waals surface area contributed by atoms with Gasteiger partial charge in [0.1, 0.15) is 0 Å². The van der Waals surface area contributed by atoms with E-state index in [0.29, 0.717) is 25.9 Å². The highest BCUT2D eigenvalue weighted by Gasteiger charge is 2.00. The molecule has 0 spiro atoms. The van der Waals surface area contributed by atoms with Crippen LogP contribution in [-0.2, 0) is 4.79 Å². The molecule has 0 rings (SSSR count). The number of rotatable bonds is 19. The lowest BCUT2D eigenvalue weighted by Gasteiger charge is -2.08. The van der Waals surface area contributed by atoms with Crippen molar-refractivity contribution in [3.05, 3.63) is 5.21 Å². The Hall–Kier alpha value is -0.610. The zero-order chi connectivity index (χ0) is 17.7. The number of hydrogen-bond acceptors (Lipinski definition) is 3. The van der Waals surface area contributed by atoms with Crippen LogP contribution in [0, 0.1) is 5.21 Å². The Labute approximate surface area is 150 Å². The molecule has 0 saturated heterocycles. The normalized spacial score (nSPS) is 10.9. The Balaban J connectivity index is 3.08. The van der Waals surface area contributed by atoms with Crippen molar-refractivity contribution in [2.45, 2.75) is 110 Å². The molecule has 0 heterocycles. The predicted molar refractivity (Wildman–Crippen MR) is 104 cm³/mol. The first-order valence-corrected chi connectivity index (χ1v) is 10.4. The lowest BCUT2D eigenvalue weighted by atomic mass is 10.0. The third-order valence-electron chi connectivity index (χ3n) is 4.54. The maximum absolute atomic E-state index is 11.5.